The summed E-state index contributed by atoms with van der Waals surface area (Å²) >= 11 is 7.62. The van der Waals surface area contributed by atoms with E-state index in [1.54, 1.807) is 0 Å². The Hall–Kier alpha value is -1.84. The van der Waals surface area contributed by atoms with Crippen LogP contribution in [0.4, 0.5) is 23.0 Å². The zero-order chi connectivity index (χ0) is 19.1. The molecule has 1 aromatic carbocycles. The van der Waals surface area contributed by atoms with Gasteiger partial charge in [0.1, 0.15) is 22.6 Å². The average Bonchev–Trinajstić information content (AvgIpc) is 2.64. The van der Waals surface area contributed by atoms with Gasteiger partial charge in [-0.1, -0.05) is 0 Å². The Labute approximate surface area is 167 Å². The summed E-state index contributed by atoms with van der Waals surface area (Å²) in [7, 11) is 1.50. The van der Waals surface area contributed by atoms with E-state index in [1.165, 1.54) is 32.6 Å². The molecule has 140 valence electrons. The molecule has 1 aliphatic heterocycles. The number of thiol groups is 1. The van der Waals surface area contributed by atoms with Crippen molar-refractivity contribution in [2.45, 2.75) is 24.2 Å². The molecule has 9 heteroatoms. The molecule has 26 heavy (non-hydrogen) atoms. The van der Waals surface area contributed by atoms with Crippen LogP contribution in [0.1, 0.15) is 24.8 Å². The van der Waals surface area contributed by atoms with Crippen molar-refractivity contribution in [2.24, 2.45) is 5.73 Å². The summed E-state index contributed by atoms with van der Waals surface area (Å²) in [4.78, 5) is 11.4. The number of nitrogens with two attached hydrogens (primary N) is 2. The number of nitrogens with zero attached hydrogens (tertiary/aromatic N) is 3. The van der Waals surface area contributed by atoms with Gasteiger partial charge in [-0.2, -0.15) is 0 Å². The molecular formula is C17H24BrN7S. The van der Waals surface area contributed by atoms with Crippen LogP contribution in [-0.4, -0.2) is 34.7 Å². The molecule has 7 nitrogen and oxygen atoms in total. The first-order valence-corrected chi connectivity index (χ1v) is 9.58. The standard InChI is InChI=1S/C16H19BrN6S.CH5N/c17-14(18)13-15(19)20-9-21-16(13)22-11-8-10(24)4-5-12(11)23-6-2-1-3-7-23;1-2/h4-5,8-9,18,24H,1-3,6-7H2,(H3,19,20,21,22);2H2,1H3. The summed E-state index contributed by atoms with van der Waals surface area (Å²) in [5.41, 5.74) is 12.9. The molecule has 2 heterocycles. The predicted octanol–water partition coefficient (Wildman–Crippen LogP) is 3.38. The normalized spacial score (nSPS) is 13.6. The van der Waals surface area contributed by atoms with E-state index in [1.807, 2.05) is 12.1 Å². The van der Waals surface area contributed by atoms with Crippen molar-refractivity contribution in [2.75, 3.05) is 36.1 Å². The van der Waals surface area contributed by atoms with Crippen LogP contribution in [-0.2, 0) is 0 Å². The van der Waals surface area contributed by atoms with E-state index in [-0.39, 0.29) is 10.4 Å². The van der Waals surface area contributed by atoms with E-state index in [2.05, 4.69) is 60.5 Å². The SMILES string of the molecule is CN.N=C(Br)c1c(N)ncnc1Nc1cc(S)ccc1N1CCCCC1. The van der Waals surface area contributed by atoms with E-state index in [9.17, 15) is 0 Å². The van der Waals surface area contributed by atoms with Gasteiger partial charge in [0.2, 0.25) is 0 Å². The second-order valence-corrected chi connectivity index (χ2v) is 6.98. The Morgan fingerprint density at radius 1 is 1.23 bits per heavy atom. The van der Waals surface area contributed by atoms with Crippen molar-refractivity contribution < 1.29 is 0 Å². The number of hydrogen-bond acceptors (Lipinski definition) is 8. The van der Waals surface area contributed by atoms with Crippen LogP contribution in [0.15, 0.2) is 29.4 Å². The maximum Gasteiger partial charge on any atom is 0.146 e. The van der Waals surface area contributed by atoms with Gasteiger partial charge in [0.15, 0.2) is 0 Å². The number of hydrogen-bond donors (Lipinski definition) is 5. The number of nitrogen functional groups attached to an aromatic ring is 1. The van der Waals surface area contributed by atoms with Crippen molar-refractivity contribution >= 4 is 56.2 Å². The van der Waals surface area contributed by atoms with Gasteiger partial charge in [0.25, 0.3) is 0 Å². The average molecular weight is 438 g/mol. The summed E-state index contributed by atoms with van der Waals surface area (Å²) in [6, 6.07) is 6.02. The molecule has 0 unspecified atom stereocenters. The fourth-order valence-electron chi connectivity index (χ4n) is 2.87. The lowest BCUT2D eigenvalue weighted by atomic mass is 10.1. The third-order valence-corrected chi connectivity index (χ3v) is 4.70. The van der Waals surface area contributed by atoms with Crippen LogP contribution in [0.5, 0.6) is 0 Å². The molecule has 3 rings (SSSR count). The number of benzene rings is 1. The van der Waals surface area contributed by atoms with Crippen molar-refractivity contribution in [3.8, 4) is 0 Å². The molecule has 0 aliphatic carbocycles. The lowest BCUT2D eigenvalue weighted by molar-refractivity contribution is 0.578. The largest absolute Gasteiger partial charge is 0.383 e. The minimum absolute atomic E-state index is 0.143. The molecule has 0 bridgehead atoms. The smallest absolute Gasteiger partial charge is 0.146 e. The Kier molecular flexibility index (Phi) is 7.67. The molecule has 0 amide bonds. The zero-order valence-electron chi connectivity index (χ0n) is 14.7. The fourth-order valence-corrected chi connectivity index (χ4v) is 3.47. The zero-order valence-corrected chi connectivity index (χ0v) is 17.1. The molecule has 1 aromatic heterocycles. The molecule has 1 fully saturated rings. The first kappa shape index (κ1) is 20.5. The Balaban J connectivity index is 0.00000117. The number of halogens is 1. The summed E-state index contributed by atoms with van der Waals surface area (Å²) in [6.07, 6.45) is 5.05. The Morgan fingerprint density at radius 2 is 1.92 bits per heavy atom. The third-order valence-electron chi connectivity index (χ3n) is 4.03. The third kappa shape index (κ3) is 4.87. The van der Waals surface area contributed by atoms with Crippen LogP contribution >= 0.6 is 28.6 Å². The van der Waals surface area contributed by atoms with Crippen LogP contribution in [0.25, 0.3) is 0 Å². The van der Waals surface area contributed by atoms with Crippen molar-refractivity contribution in [3.05, 3.63) is 30.1 Å². The van der Waals surface area contributed by atoms with E-state index in [0.29, 0.717) is 11.4 Å². The Bertz CT molecular complexity index is 763. The molecule has 0 atom stereocenters. The maximum absolute atomic E-state index is 7.87. The number of anilines is 4. The van der Waals surface area contributed by atoms with Crippen LogP contribution in [0.3, 0.4) is 0 Å². The van der Waals surface area contributed by atoms with Gasteiger partial charge in [0.05, 0.1) is 16.9 Å². The number of rotatable bonds is 4. The van der Waals surface area contributed by atoms with Crippen LogP contribution < -0.4 is 21.7 Å². The van der Waals surface area contributed by atoms with E-state index in [0.717, 1.165) is 29.4 Å². The second kappa shape index (κ2) is 9.75. The number of piperidine rings is 1. The molecule has 0 saturated carbocycles. The van der Waals surface area contributed by atoms with E-state index >= 15 is 0 Å². The van der Waals surface area contributed by atoms with Gasteiger partial charge in [-0.15, -0.1) is 12.6 Å². The minimum atomic E-state index is 0.143. The lowest BCUT2D eigenvalue weighted by Gasteiger charge is -2.31. The van der Waals surface area contributed by atoms with E-state index < -0.39 is 0 Å². The van der Waals surface area contributed by atoms with Gasteiger partial charge < -0.3 is 21.7 Å². The van der Waals surface area contributed by atoms with Gasteiger partial charge in [0, 0.05) is 18.0 Å². The van der Waals surface area contributed by atoms with Gasteiger partial charge in [-0.05, 0) is 60.4 Å². The number of aromatic nitrogens is 2. The molecule has 0 radical (unpaired) electrons. The first-order chi connectivity index (χ1) is 12.6. The molecule has 1 aliphatic rings. The van der Waals surface area contributed by atoms with E-state index in [4.69, 9.17) is 11.1 Å². The summed E-state index contributed by atoms with van der Waals surface area (Å²) < 4.78 is 0.143. The summed E-state index contributed by atoms with van der Waals surface area (Å²) in [5.74, 6) is 0.762. The minimum Gasteiger partial charge on any atom is -0.383 e. The summed E-state index contributed by atoms with van der Waals surface area (Å²) in [5, 5.41) is 11.2. The molecule has 1 saturated heterocycles. The highest BCUT2D eigenvalue weighted by molar-refractivity contribution is 9.18. The Morgan fingerprint density at radius 3 is 2.58 bits per heavy atom. The van der Waals surface area contributed by atoms with Crippen LogP contribution in [0.2, 0.25) is 0 Å². The molecule has 2 aromatic rings. The van der Waals surface area contributed by atoms with Gasteiger partial charge in [-0.25, -0.2) is 9.97 Å². The number of nitrogens with one attached hydrogen (secondary N) is 2. The molecule has 6 N–H and O–H groups in total. The van der Waals surface area contributed by atoms with Gasteiger partial charge in [-0.3, -0.25) is 5.41 Å². The highest BCUT2D eigenvalue weighted by Crippen LogP contribution is 2.34. The lowest BCUT2D eigenvalue weighted by Crippen LogP contribution is -2.30. The molecule has 0 spiro atoms. The highest BCUT2D eigenvalue weighted by atomic mass is 79.9. The second-order valence-electron chi connectivity index (χ2n) is 5.67. The highest BCUT2D eigenvalue weighted by Gasteiger charge is 2.18. The van der Waals surface area contributed by atoms with Crippen molar-refractivity contribution in [1.29, 1.82) is 5.41 Å². The topological polar surface area (TPSA) is 117 Å². The first-order valence-electron chi connectivity index (χ1n) is 8.34. The molecular weight excluding hydrogens is 414 g/mol. The van der Waals surface area contributed by atoms with Crippen molar-refractivity contribution in [1.82, 2.24) is 9.97 Å². The van der Waals surface area contributed by atoms with Gasteiger partial charge >= 0.3 is 0 Å². The summed E-state index contributed by atoms with van der Waals surface area (Å²) in [6.45, 7) is 2.07. The van der Waals surface area contributed by atoms with Crippen LogP contribution in [0, 0.1) is 5.41 Å². The monoisotopic (exact) mass is 437 g/mol. The quantitative estimate of drug-likeness (QED) is 0.369. The van der Waals surface area contributed by atoms with Crippen molar-refractivity contribution in [3.63, 3.8) is 0 Å². The maximum atomic E-state index is 7.87. The fraction of sp³-hybridized carbons (Fsp3) is 0.353. The predicted molar refractivity (Wildman–Crippen MR) is 115 cm³/mol.